The lowest BCUT2D eigenvalue weighted by Crippen LogP contribution is -2.11. The minimum Gasteiger partial charge on any atom is -0.396 e. The largest absolute Gasteiger partial charge is 0.396 e. The second-order valence-corrected chi connectivity index (χ2v) is 5.61. The summed E-state index contributed by atoms with van der Waals surface area (Å²) in [6, 6.07) is 0. The predicted octanol–water partition coefficient (Wildman–Crippen LogP) is 1.86. The summed E-state index contributed by atoms with van der Waals surface area (Å²) >= 11 is 0. The van der Waals surface area contributed by atoms with E-state index in [9.17, 15) is 13.0 Å². The van der Waals surface area contributed by atoms with E-state index in [1.807, 2.05) is 13.8 Å². The summed E-state index contributed by atoms with van der Waals surface area (Å²) in [5, 5.41) is 9.01. The third kappa shape index (κ3) is 2.89. The molecule has 104 valence electrons. The zero-order chi connectivity index (χ0) is 13.4. The summed E-state index contributed by atoms with van der Waals surface area (Å²) in [5.74, 6) is 0. The minimum atomic E-state index is -4.23. The summed E-state index contributed by atoms with van der Waals surface area (Å²) in [4.78, 5) is -0.0240. The van der Waals surface area contributed by atoms with Gasteiger partial charge in [-0.1, -0.05) is 0 Å². The van der Waals surface area contributed by atoms with E-state index in [4.69, 9.17) is 5.11 Å². The second kappa shape index (κ2) is 5.79. The van der Waals surface area contributed by atoms with Crippen LogP contribution in [0.3, 0.4) is 0 Å². The molecule has 5 N–H and O–H groups in total. The molecule has 0 unspecified atom stereocenters. The summed E-state index contributed by atoms with van der Waals surface area (Å²) < 4.78 is 32.0. The molecule has 0 aromatic heterocycles. The van der Waals surface area contributed by atoms with Crippen molar-refractivity contribution in [3.63, 3.8) is 0 Å². The highest BCUT2D eigenvalue weighted by Gasteiger charge is 2.22. The number of hydrogen-bond donors (Lipinski definition) is 3. The molecule has 0 aliphatic rings. The van der Waals surface area contributed by atoms with Crippen molar-refractivity contribution in [2.75, 3.05) is 6.61 Å². The molecule has 0 aliphatic heterocycles. The molecule has 0 spiro atoms. The van der Waals surface area contributed by atoms with Crippen molar-refractivity contribution < 1.29 is 18.1 Å². The van der Waals surface area contributed by atoms with Gasteiger partial charge in [-0.05, 0) is 61.9 Å². The Morgan fingerprint density at radius 1 is 0.944 bits per heavy atom. The van der Waals surface area contributed by atoms with Crippen LogP contribution in [0.5, 0.6) is 0 Å². The van der Waals surface area contributed by atoms with Gasteiger partial charge in [-0.15, -0.1) is 0 Å². The van der Waals surface area contributed by atoms with Crippen molar-refractivity contribution in [3.8, 4) is 0 Å². The lowest BCUT2D eigenvalue weighted by atomic mass is 9.92. The Kier molecular flexibility index (Phi) is 5.49. The number of aliphatic hydroxyl groups is 1. The molecule has 0 saturated carbocycles. The summed E-state index contributed by atoms with van der Waals surface area (Å²) in [5.41, 5.74) is 3.71. The lowest BCUT2D eigenvalue weighted by Gasteiger charge is -2.18. The van der Waals surface area contributed by atoms with Crippen LogP contribution >= 0.6 is 0 Å². The molecule has 1 aromatic rings. The van der Waals surface area contributed by atoms with Gasteiger partial charge in [0.2, 0.25) is 0 Å². The molecule has 1 aromatic carbocycles. The van der Waals surface area contributed by atoms with E-state index in [1.165, 1.54) is 0 Å². The van der Waals surface area contributed by atoms with E-state index >= 15 is 0 Å². The molecule has 0 aliphatic carbocycles. The highest BCUT2D eigenvalue weighted by Crippen LogP contribution is 2.30. The van der Waals surface area contributed by atoms with Gasteiger partial charge in [0.05, 0.1) is 0 Å². The van der Waals surface area contributed by atoms with Crippen LogP contribution in [0.25, 0.3) is 0 Å². The quantitative estimate of drug-likeness (QED) is 0.729. The highest BCUT2D eigenvalue weighted by molar-refractivity contribution is 7.86. The van der Waals surface area contributed by atoms with Gasteiger partial charge in [0, 0.05) is 6.61 Å². The van der Waals surface area contributed by atoms with Gasteiger partial charge in [-0.2, -0.15) is 8.42 Å². The van der Waals surface area contributed by atoms with Gasteiger partial charge < -0.3 is 11.3 Å². The maximum atomic E-state index is 11.4. The fourth-order valence-electron chi connectivity index (χ4n) is 2.25. The van der Waals surface area contributed by atoms with Gasteiger partial charge in [0.1, 0.15) is 4.90 Å². The fraction of sp³-hybridized carbons (Fsp3) is 0.500. The normalized spacial score (nSPS) is 11.2. The van der Waals surface area contributed by atoms with Crippen molar-refractivity contribution >= 4 is 10.1 Å². The minimum absolute atomic E-state index is 0. The third-order valence-corrected chi connectivity index (χ3v) is 4.46. The van der Waals surface area contributed by atoms with E-state index in [1.54, 1.807) is 13.8 Å². The molecule has 0 radical (unpaired) electrons. The first-order chi connectivity index (χ1) is 7.71. The first kappa shape index (κ1) is 17.1. The van der Waals surface area contributed by atoms with Gasteiger partial charge in [0.15, 0.2) is 0 Å². The Bertz CT molecular complexity index is 550. The van der Waals surface area contributed by atoms with Gasteiger partial charge in [-0.25, -0.2) is 0 Å². The Balaban J connectivity index is 0.00000289. The van der Waals surface area contributed by atoms with Crippen LogP contribution in [0.1, 0.15) is 27.8 Å². The van der Waals surface area contributed by atoms with Crippen LogP contribution in [0, 0.1) is 27.7 Å². The Hall–Kier alpha value is -0.950. The summed E-state index contributed by atoms with van der Waals surface area (Å²) in [7, 11) is -4.23. The van der Waals surface area contributed by atoms with Crippen LogP contribution in [-0.2, 0) is 16.5 Å². The zero-order valence-electron chi connectivity index (χ0n) is 11.2. The van der Waals surface area contributed by atoms with E-state index in [2.05, 4.69) is 0 Å². The molecule has 0 amide bonds. The van der Waals surface area contributed by atoms with E-state index in [0.717, 1.165) is 16.7 Å². The molecule has 5 nitrogen and oxygen atoms in total. The smallest absolute Gasteiger partial charge is 0.295 e. The molecule has 0 fully saturated rings. The topological polar surface area (TPSA) is 110 Å². The Morgan fingerprint density at radius 3 is 1.83 bits per heavy atom. The van der Waals surface area contributed by atoms with Crippen LogP contribution in [0.4, 0.5) is 0 Å². The van der Waals surface area contributed by atoms with Gasteiger partial charge in [0.25, 0.3) is 10.1 Å². The molecular formula is C12H21NO4S. The maximum absolute atomic E-state index is 11.4. The van der Waals surface area contributed by atoms with Crippen LogP contribution in [0.15, 0.2) is 4.90 Å². The average molecular weight is 275 g/mol. The molecular weight excluding hydrogens is 254 g/mol. The van der Waals surface area contributed by atoms with Crippen molar-refractivity contribution in [3.05, 3.63) is 27.8 Å². The third-order valence-electron chi connectivity index (χ3n) is 3.33. The number of aliphatic hydroxyl groups excluding tert-OH is 1. The Morgan fingerprint density at radius 2 is 1.44 bits per heavy atom. The molecule has 0 saturated heterocycles. The maximum Gasteiger partial charge on any atom is 0.295 e. The lowest BCUT2D eigenvalue weighted by molar-refractivity contribution is 0.299. The SMILES string of the molecule is Cc1c(C)c(CCO)c(C)c(S(=O)(=O)O)c1C.N. The molecule has 18 heavy (non-hydrogen) atoms. The van der Waals surface area contributed by atoms with Gasteiger partial charge in [-0.3, -0.25) is 4.55 Å². The second-order valence-electron chi connectivity index (χ2n) is 4.26. The van der Waals surface area contributed by atoms with Crippen molar-refractivity contribution in [1.82, 2.24) is 6.15 Å². The predicted molar refractivity (Wildman–Crippen MR) is 71.0 cm³/mol. The average Bonchev–Trinajstić information content (AvgIpc) is 2.19. The molecule has 6 heteroatoms. The van der Waals surface area contributed by atoms with Gasteiger partial charge >= 0.3 is 0 Å². The van der Waals surface area contributed by atoms with Crippen molar-refractivity contribution in [1.29, 1.82) is 0 Å². The Labute approximate surface area is 108 Å². The molecule has 0 bridgehead atoms. The summed E-state index contributed by atoms with van der Waals surface area (Å²) in [6.45, 7) is 7.01. The van der Waals surface area contributed by atoms with E-state index < -0.39 is 10.1 Å². The van der Waals surface area contributed by atoms with E-state index in [0.29, 0.717) is 17.5 Å². The number of rotatable bonds is 3. The first-order valence-corrected chi connectivity index (χ1v) is 6.83. The van der Waals surface area contributed by atoms with E-state index in [-0.39, 0.29) is 17.7 Å². The van der Waals surface area contributed by atoms with Crippen molar-refractivity contribution in [2.45, 2.75) is 39.0 Å². The number of hydrogen-bond acceptors (Lipinski definition) is 4. The molecule has 1 rings (SSSR count). The van der Waals surface area contributed by atoms with Crippen LogP contribution in [0.2, 0.25) is 0 Å². The molecule has 0 heterocycles. The number of benzene rings is 1. The van der Waals surface area contributed by atoms with Crippen LogP contribution in [-0.4, -0.2) is 24.7 Å². The highest BCUT2D eigenvalue weighted by atomic mass is 32.2. The molecule has 0 atom stereocenters. The monoisotopic (exact) mass is 275 g/mol. The van der Waals surface area contributed by atoms with Crippen LogP contribution < -0.4 is 6.15 Å². The fourth-order valence-corrected chi connectivity index (χ4v) is 3.30. The first-order valence-electron chi connectivity index (χ1n) is 5.39. The van der Waals surface area contributed by atoms with Crippen molar-refractivity contribution in [2.24, 2.45) is 0 Å². The standard InChI is InChI=1S/C12H18O4S.H3N/c1-7-8(2)11(5-6-13)10(4)12(9(7)3)17(14,15)16;/h13H,5-6H2,1-4H3,(H,14,15,16);1H3. The zero-order valence-corrected chi connectivity index (χ0v) is 12.1. The summed E-state index contributed by atoms with van der Waals surface area (Å²) in [6.07, 6.45) is 0.390.